The molecule has 28 heavy (non-hydrogen) atoms. The lowest BCUT2D eigenvalue weighted by Crippen LogP contribution is -2.39. The number of aromatic nitrogens is 2. The monoisotopic (exact) mass is 381 g/mol. The normalized spacial score (nSPS) is 11.4. The molecule has 0 radical (unpaired) electrons. The highest BCUT2D eigenvalue weighted by Crippen LogP contribution is 2.11. The van der Waals surface area contributed by atoms with Gasteiger partial charge in [-0.05, 0) is 42.3 Å². The molecule has 0 aliphatic carbocycles. The average Bonchev–Trinajstić information content (AvgIpc) is 3.38. The molecular formula is C21H27N5O2. The van der Waals surface area contributed by atoms with E-state index in [0.29, 0.717) is 6.54 Å². The third-order valence-electron chi connectivity index (χ3n) is 4.43. The molecule has 3 rings (SSSR count). The number of hydrogen-bond acceptors (Lipinski definition) is 4. The van der Waals surface area contributed by atoms with Crippen molar-refractivity contribution >= 4 is 5.96 Å². The van der Waals surface area contributed by atoms with Crippen LogP contribution in [0.2, 0.25) is 0 Å². The van der Waals surface area contributed by atoms with Gasteiger partial charge in [0.25, 0.3) is 0 Å². The number of furan rings is 1. The van der Waals surface area contributed by atoms with E-state index >= 15 is 0 Å². The van der Waals surface area contributed by atoms with Crippen molar-refractivity contribution in [1.82, 2.24) is 20.4 Å². The second-order valence-electron chi connectivity index (χ2n) is 6.39. The molecule has 0 aliphatic heterocycles. The number of ether oxygens (including phenoxy) is 1. The first kappa shape index (κ1) is 19.5. The lowest BCUT2D eigenvalue weighted by atomic mass is 10.1. The van der Waals surface area contributed by atoms with E-state index in [1.807, 2.05) is 42.1 Å². The topological polar surface area (TPSA) is 76.6 Å². The van der Waals surface area contributed by atoms with Crippen LogP contribution in [0.15, 0.2) is 64.3 Å². The van der Waals surface area contributed by atoms with Crippen molar-refractivity contribution in [3.8, 4) is 5.75 Å². The highest BCUT2D eigenvalue weighted by atomic mass is 16.5. The maximum Gasteiger partial charge on any atom is 0.191 e. The van der Waals surface area contributed by atoms with Crippen LogP contribution >= 0.6 is 0 Å². The zero-order valence-electron chi connectivity index (χ0n) is 16.4. The molecule has 7 heteroatoms. The molecule has 0 unspecified atom stereocenters. The summed E-state index contributed by atoms with van der Waals surface area (Å²) in [5.41, 5.74) is 2.30. The molecule has 2 aromatic heterocycles. The van der Waals surface area contributed by atoms with Crippen LogP contribution < -0.4 is 15.4 Å². The summed E-state index contributed by atoms with van der Waals surface area (Å²) >= 11 is 0. The summed E-state index contributed by atoms with van der Waals surface area (Å²) in [5.74, 6) is 2.60. The van der Waals surface area contributed by atoms with E-state index in [4.69, 9.17) is 9.15 Å². The van der Waals surface area contributed by atoms with Gasteiger partial charge in [0, 0.05) is 32.8 Å². The van der Waals surface area contributed by atoms with Crippen molar-refractivity contribution in [3.05, 3.63) is 71.9 Å². The lowest BCUT2D eigenvalue weighted by molar-refractivity contribution is 0.414. The summed E-state index contributed by atoms with van der Waals surface area (Å²) in [4.78, 5) is 4.69. The molecule has 0 saturated heterocycles. The predicted octanol–water partition coefficient (Wildman–Crippen LogP) is 2.54. The Morgan fingerprint density at radius 1 is 1.11 bits per heavy atom. The first-order chi connectivity index (χ1) is 13.7. The zero-order chi connectivity index (χ0) is 19.6. The van der Waals surface area contributed by atoms with Gasteiger partial charge >= 0.3 is 0 Å². The predicted molar refractivity (Wildman–Crippen MR) is 109 cm³/mol. The van der Waals surface area contributed by atoms with Crippen molar-refractivity contribution < 1.29 is 9.15 Å². The van der Waals surface area contributed by atoms with Gasteiger partial charge in [0.1, 0.15) is 11.5 Å². The number of guanidine groups is 1. The number of methoxy groups -OCH3 is 1. The molecule has 148 valence electrons. The van der Waals surface area contributed by atoms with Crippen molar-refractivity contribution in [2.75, 3.05) is 20.2 Å². The number of aliphatic imine (C=N–C) groups is 1. The fraction of sp³-hybridized carbons (Fsp3) is 0.333. The van der Waals surface area contributed by atoms with Gasteiger partial charge in [-0.2, -0.15) is 5.10 Å². The van der Waals surface area contributed by atoms with Crippen molar-refractivity contribution in [1.29, 1.82) is 0 Å². The summed E-state index contributed by atoms with van der Waals surface area (Å²) in [5, 5.41) is 11.0. The third kappa shape index (κ3) is 5.90. The van der Waals surface area contributed by atoms with E-state index < -0.39 is 0 Å². The number of nitrogens with one attached hydrogen (secondary N) is 2. The van der Waals surface area contributed by atoms with Crippen LogP contribution in [0.4, 0.5) is 0 Å². The molecule has 3 aromatic rings. The average molecular weight is 381 g/mol. The van der Waals surface area contributed by atoms with Crippen LogP contribution in [0.5, 0.6) is 5.75 Å². The van der Waals surface area contributed by atoms with Gasteiger partial charge in [-0.15, -0.1) is 0 Å². The Labute approximate surface area is 165 Å². The van der Waals surface area contributed by atoms with Gasteiger partial charge in [-0.25, -0.2) is 4.99 Å². The van der Waals surface area contributed by atoms with Crippen LogP contribution in [0.25, 0.3) is 0 Å². The number of rotatable bonds is 9. The second kappa shape index (κ2) is 10.2. The van der Waals surface area contributed by atoms with Crippen LogP contribution in [-0.2, 0) is 26.4 Å². The van der Waals surface area contributed by atoms with Gasteiger partial charge in [0.05, 0.1) is 25.6 Å². The van der Waals surface area contributed by atoms with Gasteiger partial charge in [0.15, 0.2) is 5.96 Å². The van der Waals surface area contributed by atoms with Gasteiger partial charge in [-0.1, -0.05) is 12.1 Å². The standard InChI is InChI=1S/C21H27N5O2/c1-26-18(10-14-25-26)16-24-21(23-13-11-20-4-3-15-28-20)22-12-9-17-5-7-19(27-2)8-6-17/h3-8,10,14-15H,9,11-13,16H2,1-2H3,(H2,22,23,24). The van der Waals surface area contributed by atoms with Gasteiger partial charge in [0.2, 0.25) is 0 Å². The second-order valence-corrected chi connectivity index (χ2v) is 6.39. The molecule has 0 amide bonds. The molecule has 0 aliphatic rings. The Bertz CT molecular complexity index is 853. The SMILES string of the molecule is COc1ccc(CCNC(=NCc2ccnn2C)NCCc2ccco2)cc1. The Morgan fingerprint density at radius 3 is 2.54 bits per heavy atom. The number of hydrogen-bond donors (Lipinski definition) is 2. The van der Waals surface area contributed by atoms with Crippen molar-refractivity contribution in [3.63, 3.8) is 0 Å². The third-order valence-corrected chi connectivity index (χ3v) is 4.43. The fourth-order valence-corrected chi connectivity index (χ4v) is 2.77. The molecule has 2 N–H and O–H groups in total. The molecular weight excluding hydrogens is 354 g/mol. The molecule has 0 saturated carbocycles. The van der Waals surface area contributed by atoms with E-state index in [1.54, 1.807) is 19.6 Å². The van der Waals surface area contributed by atoms with E-state index in [0.717, 1.165) is 49.1 Å². The minimum atomic E-state index is 0.565. The smallest absolute Gasteiger partial charge is 0.191 e. The summed E-state index contributed by atoms with van der Waals surface area (Å²) in [6.45, 7) is 2.09. The molecule has 1 aromatic carbocycles. The van der Waals surface area contributed by atoms with E-state index in [1.165, 1.54) is 5.56 Å². The first-order valence-electron chi connectivity index (χ1n) is 9.39. The molecule has 0 atom stereocenters. The Balaban J connectivity index is 1.53. The maximum atomic E-state index is 5.39. The summed E-state index contributed by atoms with van der Waals surface area (Å²) in [7, 11) is 3.60. The number of nitrogens with zero attached hydrogens (tertiary/aromatic N) is 3. The van der Waals surface area contributed by atoms with Crippen molar-refractivity contribution in [2.45, 2.75) is 19.4 Å². The van der Waals surface area contributed by atoms with E-state index in [-0.39, 0.29) is 0 Å². The van der Waals surface area contributed by atoms with Crippen LogP contribution in [0, 0.1) is 0 Å². The Morgan fingerprint density at radius 2 is 1.89 bits per heavy atom. The molecule has 0 fully saturated rings. The van der Waals surface area contributed by atoms with Crippen LogP contribution in [0.3, 0.4) is 0 Å². The highest BCUT2D eigenvalue weighted by molar-refractivity contribution is 5.79. The number of benzene rings is 1. The highest BCUT2D eigenvalue weighted by Gasteiger charge is 2.03. The van der Waals surface area contributed by atoms with E-state index in [9.17, 15) is 0 Å². The van der Waals surface area contributed by atoms with Gasteiger partial charge in [-0.3, -0.25) is 4.68 Å². The van der Waals surface area contributed by atoms with Crippen LogP contribution in [-0.4, -0.2) is 35.9 Å². The lowest BCUT2D eigenvalue weighted by Gasteiger charge is -2.13. The molecule has 0 spiro atoms. The summed E-state index contributed by atoms with van der Waals surface area (Å²) in [6, 6.07) is 14.0. The minimum absolute atomic E-state index is 0.565. The fourth-order valence-electron chi connectivity index (χ4n) is 2.77. The summed E-state index contributed by atoms with van der Waals surface area (Å²) < 4.78 is 12.4. The molecule has 7 nitrogen and oxygen atoms in total. The Kier molecular flexibility index (Phi) is 7.12. The first-order valence-corrected chi connectivity index (χ1v) is 9.39. The zero-order valence-corrected chi connectivity index (χ0v) is 16.4. The Hall–Kier alpha value is -3.22. The molecule has 0 bridgehead atoms. The van der Waals surface area contributed by atoms with Crippen molar-refractivity contribution in [2.24, 2.45) is 12.0 Å². The largest absolute Gasteiger partial charge is 0.497 e. The van der Waals surface area contributed by atoms with E-state index in [2.05, 4.69) is 32.9 Å². The van der Waals surface area contributed by atoms with Crippen LogP contribution in [0.1, 0.15) is 17.0 Å². The maximum absolute atomic E-state index is 5.39. The van der Waals surface area contributed by atoms with Gasteiger partial charge < -0.3 is 19.8 Å². The minimum Gasteiger partial charge on any atom is -0.497 e. The summed E-state index contributed by atoms with van der Waals surface area (Å²) in [6.07, 6.45) is 5.18. The quantitative estimate of drug-likeness (QED) is 0.440. The molecule has 2 heterocycles. The number of aryl methyl sites for hydroxylation is 1.